The van der Waals surface area contributed by atoms with Gasteiger partial charge in [-0.15, -0.1) is 0 Å². The number of hydrogen-bond acceptors (Lipinski definition) is 3. The van der Waals surface area contributed by atoms with Crippen molar-refractivity contribution < 1.29 is 4.74 Å². The molecule has 1 rings (SSSR count). The molecule has 0 heterocycles. The summed E-state index contributed by atoms with van der Waals surface area (Å²) in [6.07, 6.45) is 2.04. The third kappa shape index (κ3) is 4.29. The first-order valence-electron chi connectivity index (χ1n) is 5.46. The van der Waals surface area contributed by atoms with Crippen molar-refractivity contribution in [2.75, 3.05) is 19.0 Å². The van der Waals surface area contributed by atoms with E-state index in [1.807, 2.05) is 25.1 Å². The largest absolute Gasteiger partial charge is 0.495 e. The Balaban J connectivity index is 2.48. The molecule has 1 aromatic carbocycles. The Labute approximate surface area is 102 Å². The minimum absolute atomic E-state index is 0.253. The fourth-order valence-corrected chi connectivity index (χ4v) is 1.64. The van der Waals surface area contributed by atoms with Gasteiger partial charge < -0.3 is 15.8 Å². The fraction of sp³-hybridized carbons (Fsp3) is 0.500. The van der Waals surface area contributed by atoms with Crippen LogP contribution in [0, 0.1) is 0 Å². The third-order valence-corrected chi connectivity index (χ3v) is 2.55. The molecule has 90 valence electrons. The van der Waals surface area contributed by atoms with Crippen molar-refractivity contribution in [3.05, 3.63) is 23.2 Å². The van der Waals surface area contributed by atoms with Crippen molar-refractivity contribution in [2.45, 2.75) is 25.8 Å². The maximum absolute atomic E-state index is 5.92. The molecule has 3 N–H and O–H groups in total. The second kappa shape index (κ2) is 6.61. The number of hydrogen-bond donors (Lipinski definition) is 2. The van der Waals surface area contributed by atoms with Crippen molar-refractivity contribution in [1.29, 1.82) is 0 Å². The molecule has 3 nitrogen and oxygen atoms in total. The Morgan fingerprint density at radius 2 is 2.25 bits per heavy atom. The molecule has 0 saturated carbocycles. The maximum Gasteiger partial charge on any atom is 0.142 e. The van der Waals surface area contributed by atoms with Gasteiger partial charge in [-0.25, -0.2) is 0 Å². The van der Waals surface area contributed by atoms with Gasteiger partial charge >= 0.3 is 0 Å². The number of rotatable bonds is 6. The van der Waals surface area contributed by atoms with Crippen LogP contribution in [0.1, 0.15) is 19.8 Å². The highest BCUT2D eigenvalue weighted by Crippen LogP contribution is 2.27. The normalized spacial score (nSPS) is 12.2. The van der Waals surface area contributed by atoms with Gasteiger partial charge in [0.05, 0.1) is 12.8 Å². The summed E-state index contributed by atoms with van der Waals surface area (Å²) in [6, 6.07) is 5.79. The summed E-state index contributed by atoms with van der Waals surface area (Å²) in [6.45, 7) is 2.89. The SMILES string of the molecule is COc1ccc(Cl)cc1NCCCC(C)N. The zero-order valence-corrected chi connectivity index (χ0v) is 10.6. The number of benzene rings is 1. The molecule has 16 heavy (non-hydrogen) atoms. The number of nitrogens with one attached hydrogen (secondary N) is 1. The van der Waals surface area contributed by atoms with E-state index in [9.17, 15) is 0 Å². The molecule has 0 bridgehead atoms. The van der Waals surface area contributed by atoms with E-state index in [-0.39, 0.29) is 6.04 Å². The molecule has 0 fully saturated rings. The first-order chi connectivity index (χ1) is 7.63. The van der Waals surface area contributed by atoms with Crippen molar-refractivity contribution in [3.8, 4) is 5.75 Å². The van der Waals surface area contributed by atoms with Crippen LogP contribution in [-0.2, 0) is 0 Å². The van der Waals surface area contributed by atoms with E-state index in [0.29, 0.717) is 5.02 Å². The second-order valence-corrected chi connectivity index (χ2v) is 4.33. The average molecular weight is 243 g/mol. The van der Waals surface area contributed by atoms with Crippen molar-refractivity contribution >= 4 is 17.3 Å². The zero-order valence-electron chi connectivity index (χ0n) is 9.79. The van der Waals surface area contributed by atoms with Crippen LogP contribution < -0.4 is 15.8 Å². The Hall–Kier alpha value is -0.930. The first-order valence-corrected chi connectivity index (χ1v) is 5.84. The lowest BCUT2D eigenvalue weighted by atomic mass is 10.2. The molecule has 0 aromatic heterocycles. The molecule has 0 radical (unpaired) electrons. The first kappa shape index (κ1) is 13.1. The monoisotopic (exact) mass is 242 g/mol. The Bertz CT molecular complexity index is 329. The summed E-state index contributed by atoms with van der Waals surface area (Å²) in [7, 11) is 1.65. The summed E-state index contributed by atoms with van der Waals surface area (Å²) in [5.74, 6) is 0.810. The van der Waals surface area contributed by atoms with Crippen molar-refractivity contribution in [1.82, 2.24) is 0 Å². The number of methoxy groups -OCH3 is 1. The molecule has 1 aromatic rings. The number of anilines is 1. The van der Waals surface area contributed by atoms with E-state index in [1.165, 1.54) is 0 Å². The molecule has 0 aliphatic heterocycles. The summed E-state index contributed by atoms with van der Waals surface area (Å²) >= 11 is 5.92. The second-order valence-electron chi connectivity index (χ2n) is 3.89. The number of ether oxygens (including phenoxy) is 1. The van der Waals surface area contributed by atoms with Crippen LogP contribution in [0.15, 0.2) is 18.2 Å². The van der Waals surface area contributed by atoms with Crippen LogP contribution >= 0.6 is 11.6 Å². The van der Waals surface area contributed by atoms with E-state index in [0.717, 1.165) is 30.8 Å². The summed E-state index contributed by atoms with van der Waals surface area (Å²) in [4.78, 5) is 0. The van der Waals surface area contributed by atoms with Gasteiger partial charge in [-0.05, 0) is 38.0 Å². The highest BCUT2D eigenvalue weighted by atomic mass is 35.5. The molecule has 0 spiro atoms. The van der Waals surface area contributed by atoms with Crippen LogP contribution in [0.4, 0.5) is 5.69 Å². The third-order valence-electron chi connectivity index (χ3n) is 2.31. The van der Waals surface area contributed by atoms with Gasteiger partial charge in [0.15, 0.2) is 0 Å². The van der Waals surface area contributed by atoms with Crippen LogP contribution in [0.5, 0.6) is 5.75 Å². The van der Waals surface area contributed by atoms with E-state index >= 15 is 0 Å². The topological polar surface area (TPSA) is 47.3 Å². The Morgan fingerprint density at radius 1 is 1.50 bits per heavy atom. The summed E-state index contributed by atoms with van der Waals surface area (Å²) in [5.41, 5.74) is 6.61. The predicted molar refractivity (Wildman–Crippen MR) is 69.4 cm³/mol. The quantitative estimate of drug-likeness (QED) is 0.754. The molecule has 0 aliphatic rings. The van der Waals surface area contributed by atoms with Gasteiger partial charge in [0.2, 0.25) is 0 Å². The van der Waals surface area contributed by atoms with E-state index in [4.69, 9.17) is 22.1 Å². The molecule has 0 amide bonds. The Morgan fingerprint density at radius 3 is 2.88 bits per heavy atom. The molecular formula is C12H19ClN2O. The van der Waals surface area contributed by atoms with Gasteiger partial charge in [0.1, 0.15) is 5.75 Å². The minimum Gasteiger partial charge on any atom is -0.495 e. The lowest BCUT2D eigenvalue weighted by Crippen LogP contribution is -2.16. The van der Waals surface area contributed by atoms with Crippen molar-refractivity contribution in [2.24, 2.45) is 5.73 Å². The number of nitrogens with two attached hydrogens (primary N) is 1. The smallest absolute Gasteiger partial charge is 0.142 e. The standard InChI is InChI=1S/C12H19ClN2O/c1-9(14)4-3-7-15-11-8-10(13)5-6-12(11)16-2/h5-6,8-9,15H,3-4,7,14H2,1-2H3. The maximum atomic E-state index is 5.92. The van der Waals surface area contributed by atoms with Gasteiger partial charge in [0.25, 0.3) is 0 Å². The molecule has 0 aliphatic carbocycles. The van der Waals surface area contributed by atoms with Gasteiger partial charge in [0, 0.05) is 17.6 Å². The predicted octanol–water partition coefficient (Wildman–Crippen LogP) is 2.89. The molecule has 4 heteroatoms. The average Bonchev–Trinajstić information content (AvgIpc) is 2.24. The molecular weight excluding hydrogens is 224 g/mol. The van der Waals surface area contributed by atoms with Crippen molar-refractivity contribution in [3.63, 3.8) is 0 Å². The molecule has 0 saturated heterocycles. The highest BCUT2D eigenvalue weighted by molar-refractivity contribution is 6.30. The lowest BCUT2D eigenvalue weighted by molar-refractivity contribution is 0.416. The van der Waals surface area contributed by atoms with Gasteiger partial charge in [-0.2, -0.15) is 0 Å². The summed E-state index contributed by atoms with van der Waals surface area (Å²) in [5, 5.41) is 4.00. The van der Waals surface area contributed by atoms with Gasteiger partial charge in [-0.1, -0.05) is 11.6 Å². The van der Waals surface area contributed by atoms with E-state index in [1.54, 1.807) is 7.11 Å². The van der Waals surface area contributed by atoms with E-state index < -0.39 is 0 Å². The zero-order chi connectivity index (χ0) is 12.0. The lowest BCUT2D eigenvalue weighted by Gasteiger charge is -2.12. The number of halogens is 1. The summed E-state index contributed by atoms with van der Waals surface area (Å²) < 4.78 is 5.23. The highest BCUT2D eigenvalue weighted by Gasteiger charge is 2.03. The van der Waals surface area contributed by atoms with Gasteiger partial charge in [-0.3, -0.25) is 0 Å². The molecule has 1 unspecified atom stereocenters. The van der Waals surface area contributed by atoms with Crippen LogP contribution in [-0.4, -0.2) is 19.7 Å². The van der Waals surface area contributed by atoms with Crippen LogP contribution in [0.25, 0.3) is 0 Å². The van der Waals surface area contributed by atoms with Crippen LogP contribution in [0.3, 0.4) is 0 Å². The van der Waals surface area contributed by atoms with E-state index in [2.05, 4.69) is 5.32 Å². The fourth-order valence-electron chi connectivity index (χ4n) is 1.47. The van der Waals surface area contributed by atoms with Crippen LogP contribution in [0.2, 0.25) is 5.02 Å². The molecule has 1 atom stereocenters. The Kier molecular flexibility index (Phi) is 5.43. The minimum atomic E-state index is 0.253.